The van der Waals surface area contributed by atoms with Crippen molar-refractivity contribution >= 4 is 21.9 Å². The lowest BCUT2D eigenvalue weighted by molar-refractivity contribution is -0.145. The highest BCUT2D eigenvalue weighted by atomic mass is 79.9. The molecule has 1 aromatic carbocycles. The zero-order valence-electron chi connectivity index (χ0n) is 11.6. The highest BCUT2D eigenvalue weighted by Gasteiger charge is 2.34. The van der Waals surface area contributed by atoms with Gasteiger partial charge in [0.1, 0.15) is 5.82 Å². The molecule has 0 heterocycles. The van der Waals surface area contributed by atoms with E-state index >= 15 is 0 Å². The Morgan fingerprint density at radius 2 is 2.15 bits per heavy atom. The lowest BCUT2D eigenvalue weighted by atomic mass is 9.71. The van der Waals surface area contributed by atoms with Gasteiger partial charge in [-0.15, -0.1) is 0 Å². The second kappa shape index (κ2) is 6.70. The maximum absolute atomic E-state index is 13.4. The van der Waals surface area contributed by atoms with E-state index in [-0.39, 0.29) is 17.7 Å². The Morgan fingerprint density at radius 3 is 2.75 bits per heavy atom. The molecule has 0 aliphatic heterocycles. The van der Waals surface area contributed by atoms with E-state index in [0.717, 1.165) is 31.2 Å². The average molecular weight is 343 g/mol. The molecule has 20 heavy (non-hydrogen) atoms. The Kier molecular flexibility index (Phi) is 5.19. The maximum Gasteiger partial charge on any atom is 0.306 e. The van der Waals surface area contributed by atoms with Gasteiger partial charge in [-0.2, -0.15) is 0 Å². The summed E-state index contributed by atoms with van der Waals surface area (Å²) in [6.45, 7) is 2.15. The van der Waals surface area contributed by atoms with Gasteiger partial charge in [0.15, 0.2) is 0 Å². The number of carboxylic acids is 1. The van der Waals surface area contributed by atoms with Gasteiger partial charge in [-0.1, -0.05) is 29.3 Å². The van der Waals surface area contributed by atoms with E-state index in [0.29, 0.717) is 16.8 Å². The smallest absolute Gasteiger partial charge is 0.306 e. The summed E-state index contributed by atoms with van der Waals surface area (Å²) >= 11 is 3.29. The molecule has 0 aromatic heterocycles. The Labute approximate surface area is 127 Å². The topological polar surface area (TPSA) is 37.3 Å². The van der Waals surface area contributed by atoms with E-state index in [2.05, 4.69) is 22.9 Å². The number of carbonyl (C=O) groups is 1. The largest absolute Gasteiger partial charge is 0.481 e. The van der Waals surface area contributed by atoms with E-state index in [1.54, 1.807) is 0 Å². The summed E-state index contributed by atoms with van der Waals surface area (Å²) in [4.78, 5) is 11.4. The van der Waals surface area contributed by atoms with Gasteiger partial charge in [0.2, 0.25) is 0 Å². The summed E-state index contributed by atoms with van der Waals surface area (Å²) in [6.07, 6.45) is 4.41. The number of aliphatic carboxylic acids is 1. The predicted molar refractivity (Wildman–Crippen MR) is 80.1 cm³/mol. The molecule has 1 N–H and O–H groups in total. The maximum atomic E-state index is 13.4. The molecule has 0 spiro atoms. The minimum Gasteiger partial charge on any atom is -0.481 e. The van der Waals surface area contributed by atoms with Crippen molar-refractivity contribution in [2.75, 3.05) is 0 Å². The molecule has 1 fully saturated rings. The molecule has 1 aromatic rings. The van der Waals surface area contributed by atoms with Crippen molar-refractivity contribution in [3.8, 4) is 0 Å². The Hall–Kier alpha value is -0.900. The van der Waals surface area contributed by atoms with Gasteiger partial charge in [-0.25, -0.2) is 4.39 Å². The van der Waals surface area contributed by atoms with Crippen LogP contribution in [0.2, 0.25) is 0 Å². The first kappa shape index (κ1) is 15.5. The minimum atomic E-state index is -0.708. The van der Waals surface area contributed by atoms with Gasteiger partial charge >= 0.3 is 5.97 Å². The van der Waals surface area contributed by atoms with Crippen molar-refractivity contribution in [2.45, 2.75) is 39.0 Å². The minimum absolute atomic E-state index is 0.111. The van der Waals surface area contributed by atoms with E-state index in [4.69, 9.17) is 0 Å². The summed E-state index contributed by atoms with van der Waals surface area (Å²) in [5.41, 5.74) is 0.880. The average Bonchev–Trinajstić information content (AvgIpc) is 2.37. The first-order valence-electron chi connectivity index (χ1n) is 7.17. The van der Waals surface area contributed by atoms with Crippen LogP contribution in [0.3, 0.4) is 0 Å². The molecule has 110 valence electrons. The lowest BCUT2D eigenvalue weighted by Crippen LogP contribution is -2.32. The predicted octanol–water partition coefficient (Wildman–Crippen LogP) is 4.66. The van der Waals surface area contributed by atoms with Gasteiger partial charge in [-0.3, -0.25) is 4.79 Å². The fraction of sp³-hybridized carbons (Fsp3) is 0.562. The molecule has 2 nitrogen and oxygen atoms in total. The molecule has 3 unspecified atom stereocenters. The highest BCUT2D eigenvalue weighted by molar-refractivity contribution is 9.10. The van der Waals surface area contributed by atoms with Crippen LogP contribution < -0.4 is 0 Å². The van der Waals surface area contributed by atoms with Crippen molar-refractivity contribution in [1.82, 2.24) is 0 Å². The van der Waals surface area contributed by atoms with E-state index in [1.165, 1.54) is 12.1 Å². The number of carboxylic acid groups (broad SMARTS) is 1. The zero-order valence-corrected chi connectivity index (χ0v) is 13.2. The van der Waals surface area contributed by atoms with Crippen LogP contribution in [-0.2, 0) is 11.2 Å². The third-order valence-corrected chi connectivity index (χ3v) is 4.86. The van der Waals surface area contributed by atoms with Crippen molar-refractivity contribution in [1.29, 1.82) is 0 Å². The van der Waals surface area contributed by atoms with Crippen LogP contribution in [0.4, 0.5) is 4.39 Å². The van der Waals surface area contributed by atoms with E-state index < -0.39 is 5.97 Å². The molecule has 3 atom stereocenters. The molecular formula is C16H20BrFO2. The molecule has 0 amide bonds. The van der Waals surface area contributed by atoms with Crippen LogP contribution in [0.25, 0.3) is 0 Å². The summed E-state index contributed by atoms with van der Waals surface area (Å²) < 4.78 is 14.1. The summed E-state index contributed by atoms with van der Waals surface area (Å²) in [6, 6.07) is 4.82. The number of hydrogen-bond acceptors (Lipinski definition) is 1. The Balaban J connectivity index is 2.15. The third-order valence-electron chi connectivity index (χ3n) is 4.41. The summed E-state index contributed by atoms with van der Waals surface area (Å²) in [5, 5.41) is 9.37. The SMILES string of the molecule is CCC1CCC(C(=O)O)C(Cc2cc(F)cc(Br)c2)C1. The van der Waals surface area contributed by atoms with Crippen LogP contribution in [0.15, 0.2) is 22.7 Å². The van der Waals surface area contributed by atoms with Gasteiger partial charge in [-0.05, 0) is 61.3 Å². The van der Waals surface area contributed by atoms with Gasteiger partial charge in [0.25, 0.3) is 0 Å². The quantitative estimate of drug-likeness (QED) is 0.863. The zero-order chi connectivity index (χ0) is 14.7. The first-order chi connectivity index (χ1) is 9.49. The molecule has 0 bridgehead atoms. The number of hydrogen-bond donors (Lipinski definition) is 1. The second-order valence-corrected chi connectivity index (χ2v) is 6.69. The van der Waals surface area contributed by atoms with Crippen molar-refractivity contribution in [3.05, 3.63) is 34.1 Å². The standard InChI is InChI=1S/C16H20BrFO2/c1-2-10-3-4-15(16(19)20)12(5-10)6-11-7-13(17)9-14(18)8-11/h7-10,12,15H,2-6H2,1H3,(H,19,20). The van der Waals surface area contributed by atoms with Crippen LogP contribution in [0.5, 0.6) is 0 Å². The van der Waals surface area contributed by atoms with Crippen LogP contribution in [-0.4, -0.2) is 11.1 Å². The van der Waals surface area contributed by atoms with Crippen LogP contribution in [0.1, 0.15) is 38.2 Å². The van der Waals surface area contributed by atoms with Crippen molar-refractivity contribution < 1.29 is 14.3 Å². The summed E-state index contributed by atoms with van der Waals surface area (Å²) in [7, 11) is 0. The fourth-order valence-electron chi connectivity index (χ4n) is 3.31. The van der Waals surface area contributed by atoms with Crippen LogP contribution >= 0.6 is 15.9 Å². The number of benzene rings is 1. The molecular weight excluding hydrogens is 323 g/mol. The van der Waals surface area contributed by atoms with Crippen molar-refractivity contribution in [2.24, 2.45) is 17.8 Å². The fourth-order valence-corrected chi connectivity index (χ4v) is 3.83. The number of halogens is 2. The number of rotatable bonds is 4. The molecule has 1 aliphatic carbocycles. The molecule has 4 heteroatoms. The third kappa shape index (κ3) is 3.81. The highest BCUT2D eigenvalue weighted by Crippen LogP contribution is 2.37. The first-order valence-corrected chi connectivity index (χ1v) is 7.96. The molecule has 2 rings (SSSR count). The van der Waals surface area contributed by atoms with Gasteiger partial charge < -0.3 is 5.11 Å². The van der Waals surface area contributed by atoms with Gasteiger partial charge in [0, 0.05) is 4.47 Å². The summed E-state index contributed by atoms with van der Waals surface area (Å²) in [5.74, 6) is -0.559. The Bertz CT molecular complexity index is 469. The molecule has 1 saturated carbocycles. The van der Waals surface area contributed by atoms with Crippen LogP contribution in [0, 0.1) is 23.6 Å². The molecule has 0 saturated heterocycles. The van der Waals surface area contributed by atoms with E-state index in [1.807, 2.05) is 6.07 Å². The van der Waals surface area contributed by atoms with Crippen molar-refractivity contribution in [3.63, 3.8) is 0 Å². The molecule has 1 aliphatic rings. The molecule has 0 radical (unpaired) electrons. The monoisotopic (exact) mass is 342 g/mol. The normalized spacial score (nSPS) is 26.4. The lowest BCUT2D eigenvalue weighted by Gasteiger charge is -2.33. The Morgan fingerprint density at radius 1 is 1.40 bits per heavy atom. The second-order valence-electron chi connectivity index (χ2n) is 5.77. The van der Waals surface area contributed by atoms with E-state index in [9.17, 15) is 14.3 Å². The van der Waals surface area contributed by atoms with Gasteiger partial charge in [0.05, 0.1) is 5.92 Å².